The molecule has 0 aliphatic heterocycles. The van der Waals surface area contributed by atoms with Crippen LogP contribution in [-0.2, 0) is 9.53 Å². The molecule has 0 saturated heterocycles. The molecule has 0 aliphatic carbocycles. The molecule has 1 atom stereocenters. The highest BCUT2D eigenvalue weighted by atomic mass is 35.5. The zero-order chi connectivity index (χ0) is 22.5. The zero-order valence-electron chi connectivity index (χ0n) is 17.5. The lowest BCUT2D eigenvalue weighted by Gasteiger charge is -2.20. The van der Waals surface area contributed by atoms with Crippen LogP contribution in [0, 0.1) is 13.8 Å². The molecular weight excluding hydrogens is 416 g/mol. The number of esters is 1. The number of carbonyl (C=O) groups is 3. The predicted octanol–water partition coefficient (Wildman–Crippen LogP) is 4.55. The van der Waals surface area contributed by atoms with E-state index in [4.69, 9.17) is 16.3 Å². The summed E-state index contributed by atoms with van der Waals surface area (Å²) >= 11 is 5.99. The largest absolute Gasteiger partial charge is 0.451 e. The first kappa shape index (κ1) is 22.3. The van der Waals surface area contributed by atoms with Gasteiger partial charge in [-0.3, -0.25) is 9.59 Å². The van der Waals surface area contributed by atoms with Crippen LogP contribution in [0.1, 0.15) is 56.2 Å². The first-order valence-electron chi connectivity index (χ1n) is 9.75. The predicted molar refractivity (Wildman–Crippen MR) is 118 cm³/mol. The van der Waals surface area contributed by atoms with E-state index in [9.17, 15) is 14.4 Å². The Morgan fingerprint density at radius 2 is 1.61 bits per heavy atom. The number of halogens is 1. The number of aryl methyl sites for hydroxylation is 1. The van der Waals surface area contributed by atoms with E-state index in [1.54, 1.807) is 26.0 Å². The molecule has 1 unspecified atom stereocenters. The number of nitrogens with one attached hydrogen (secondary N) is 2. The van der Waals surface area contributed by atoms with Crippen LogP contribution >= 0.6 is 11.6 Å². The highest BCUT2D eigenvalue weighted by molar-refractivity contribution is 6.30. The summed E-state index contributed by atoms with van der Waals surface area (Å²) in [4.78, 5) is 39.7. The lowest BCUT2D eigenvalue weighted by atomic mass is 9.99. The van der Waals surface area contributed by atoms with Crippen LogP contribution in [-0.4, -0.2) is 29.3 Å². The number of hydrogen-bond acceptors (Lipinski definition) is 4. The van der Waals surface area contributed by atoms with Gasteiger partial charge in [-0.25, -0.2) is 4.79 Å². The number of rotatable bonds is 7. The first-order valence-corrected chi connectivity index (χ1v) is 10.1. The van der Waals surface area contributed by atoms with Crippen LogP contribution in [0.2, 0.25) is 5.02 Å². The van der Waals surface area contributed by atoms with Crippen LogP contribution in [0.5, 0.6) is 0 Å². The Bertz CT molecular complexity index is 1100. The van der Waals surface area contributed by atoms with Crippen LogP contribution in [0.4, 0.5) is 0 Å². The van der Waals surface area contributed by atoms with Crippen molar-refractivity contribution in [2.45, 2.75) is 26.8 Å². The lowest BCUT2D eigenvalue weighted by molar-refractivity contribution is -0.124. The van der Waals surface area contributed by atoms with Crippen molar-refractivity contribution < 1.29 is 19.1 Å². The second-order valence-corrected chi connectivity index (χ2v) is 7.66. The van der Waals surface area contributed by atoms with Crippen molar-refractivity contribution in [1.29, 1.82) is 0 Å². The number of aromatic amines is 1. The molecule has 0 spiro atoms. The second-order valence-electron chi connectivity index (χ2n) is 7.22. The maximum Gasteiger partial charge on any atom is 0.355 e. The molecule has 3 rings (SSSR count). The van der Waals surface area contributed by atoms with Gasteiger partial charge in [-0.05, 0) is 49.6 Å². The maximum atomic E-state index is 12.6. The molecule has 0 fully saturated rings. The van der Waals surface area contributed by atoms with Gasteiger partial charge < -0.3 is 15.0 Å². The van der Waals surface area contributed by atoms with Gasteiger partial charge in [0.1, 0.15) is 5.69 Å². The standard InChI is InChI=1S/C24H23ClN2O4/c1-14-21(16(3)28)15(2)26-22(14)24(30)31-13-20(29)27-23(17-7-5-4-6-8-17)18-9-11-19(25)12-10-18/h4-12,23,26H,13H2,1-3H3,(H,27,29). The Hall–Kier alpha value is -3.38. The molecule has 31 heavy (non-hydrogen) atoms. The Labute approximate surface area is 185 Å². The van der Waals surface area contributed by atoms with E-state index in [1.165, 1.54) is 6.92 Å². The number of aromatic nitrogens is 1. The van der Waals surface area contributed by atoms with Gasteiger partial charge in [-0.15, -0.1) is 0 Å². The third-order valence-corrected chi connectivity index (χ3v) is 5.22. The van der Waals surface area contributed by atoms with Crippen molar-refractivity contribution in [2.75, 3.05) is 6.61 Å². The molecule has 2 aromatic carbocycles. The quantitative estimate of drug-likeness (QED) is 0.418. The molecule has 7 heteroatoms. The van der Waals surface area contributed by atoms with E-state index in [2.05, 4.69) is 10.3 Å². The molecule has 2 N–H and O–H groups in total. The van der Waals surface area contributed by atoms with Gasteiger partial charge in [0.15, 0.2) is 12.4 Å². The van der Waals surface area contributed by atoms with Gasteiger partial charge in [-0.1, -0.05) is 54.1 Å². The lowest BCUT2D eigenvalue weighted by Crippen LogP contribution is -2.33. The molecule has 0 bridgehead atoms. The van der Waals surface area contributed by atoms with Gasteiger partial charge in [0.05, 0.1) is 6.04 Å². The number of H-pyrrole nitrogens is 1. The van der Waals surface area contributed by atoms with Crippen molar-refractivity contribution in [3.63, 3.8) is 0 Å². The minimum atomic E-state index is -0.689. The minimum Gasteiger partial charge on any atom is -0.451 e. The monoisotopic (exact) mass is 438 g/mol. The summed E-state index contributed by atoms with van der Waals surface area (Å²) in [6.07, 6.45) is 0. The SMILES string of the molecule is CC(=O)c1c(C)[nH]c(C(=O)OCC(=O)NC(c2ccccc2)c2ccc(Cl)cc2)c1C. The van der Waals surface area contributed by atoms with Crippen molar-refractivity contribution >= 4 is 29.3 Å². The molecule has 1 heterocycles. The fourth-order valence-corrected chi connectivity index (χ4v) is 3.67. The molecule has 1 aromatic heterocycles. The number of ketones is 1. The van der Waals surface area contributed by atoms with Crippen molar-refractivity contribution in [2.24, 2.45) is 0 Å². The normalized spacial score (nSPS) is 11.6. The average molecular weight is 439 g/mol. The number of benzene rings is 2. The number of carbonyl (C=O) groups excluding carboxylic acids is 3. The van der Waals surface area contributed by atoms with Gasteiger partial charge in [0.25, 0.3) is 5.91 Å². The summed E-state index contributed by atoms with van der Waals surface area (Å²) in [6.45, 7) is 4.36. The molecule has 0 radical (unpaired) electrons. The summed E-state index contributed by atoms with van der Waals surface area (Å²) < 4.78 is 5.20. The molecule has 3 aromatic rings. The third kappa shape index (κ3) is 5.22. The number of hydrogen-bond donors (Lipinski definition) is 2. The Balaban J connectivity index is 1.72. The Morgan fingerprint density at radius 1 is 1.00 bits per heavy atom. The fraction of sp³-hybridized carbons (Fsp3) is 0.208. The van der Waals surface area contributed by atoms with Crippen LogP contribution in [0.3, 0.4) is 0 Å². The second kappa shape index (κ2) is 9.62. The molecular formula is C24H23ClN2O4. The highest BCUT2D eigenvalue weighted by Crippen LogP contribution is 2.24. The fourth-order valence-electron chi connectivity index (χ4n) is 3.55. The summed E-state index contributed by atoms with van der Waals surface area (Å²) in [7, 11) is 0. The van der Waals surface area contributed by atoms with Gasteiger partial charge in [0, 0.05) is 16.3 Å². The van der Waals surface area contributed by atoms with E-state index in [1.807, 2.05) is 42.5 Å². The summed E-state index contributed by atoms with van der Waals surface area (Å²) in [5.41, 5.74) is 3.46. The van der Waals surface area contributed by atoms with Crippen molar-refractivity contribution in [1.82, 2.24) is 10.3 Å². The molecule has 160 valence electrons. The van der Waals surface area contributed by atoms with Gasteiger partial charge in [-0.2, -0.15) is 0 Å². The zero-order valence-corrected chi connectivity index (χ0v) is 18.2. The van der Waals surface area contributed by atoms with Gasteiger partial charge in [0.2, 0.25) is 0 Å². The summed E-state index contributed by atoms with van der Waals surface area (Å²) in [5.74, 6) is -1.28. The molecule has 1 amide bonds. The van der Waals surface area contributed by atoms with Crippen LogP contribution in [0.25, 0.3) is 0 Å². The molecule has 0 saturated carbocycles. The average Bonchev–Trinajstić information content (AvgIpc) is 3.06. The van der Waals surface area contributed by atoms with Crippen molar-refractivity contribution in [3.05, 3.63) is 93.3 Å². The number of ether oxygens (including phenoxy) is 1. The highest BCUT2D eigenvalue weighted by Gasteiger charge is 2.22. The van der Waals surface area contributed by atoms with E-state index in [0.717, 1.165) is 11.1 Å². The Morgan fingerprint density at radius 3 is 2.19 bits per heavy atom. The van der Waals surface area contributed by atoms with Crippen LogP contribution in [0.15, 0.2) is 54.6 Å². The molecule has 0 aliphatic rings. The Kier molecular flexibility index (Phi) is 6.92. The summed E-state index contributed by atoms with van der Waals surface area (Å²) in [5, 5.41) is 3.50. The third-order valence-electron chi connectivity index (χ3n) is 4.97. The van der Waals surface area contributed by atoms with E-state index >= 15 is 0 Å². The maximum absolute atomic E-state index is 12.6. The van der Waals surface area contributed by atoms with Crippen LogP contribution < -0.4 is 5.32 Å². The van der Waals surface area contributed by atoms with E-state index < -0.39 is 24.5 Å². The van der Waals surface area contributed by atoms with Gasteiger partial charge >= 0.3 is 5.97 Å². The van der Waals surface area contributed by atoms with E-state index in [0.29, 0.717) is 21.8 Å². The number of Topliss-reactive ketones (excluding diaryl/α,β-unsaturated/α-hetero) is 1. The number of amides is 1. The first-order chi connectivity index (χ1) is 14.8. The van der Waals surface area contributed by atoms with E-state index in [-0.39, 0.29) is 11.5 Å². The minimum absolute atomic E-state index is 0.142. The summed E-state index contributed by atoms with van der Waals surface area (Å²) in [6, 6.07) is 16.2. The topological polar surface area (TPSA) is 88.3 Å². The van der Waals surface area contributed by atoms with Crippen molar-refractivity contribution in [3.8, 4) is 0 Å². The smallest absolute Gasteiger partial charge is 0.355 e. The molecule has 6 nitrogen and oxygen atoms in total.